The zero-order chi connectivity index (χ0) is 15.4. The second-order valence-corrected chi connectivity index (χ2v) is 6.18. The molecule has 0 aromatic heterocycles. The molecule has 2 rings (SSSR count). The molecule has 0 amide bonds. The van der Waals surface area contributed by atoms with Crippen molar-refractivity contribution in [1.29, 1.82) is 0 Å². The van der Waals surface area contributed by atoms with Crippen molar-refractivity contribution in [3.05, 3.63) is 64.7 Å². The molecule has 0 spiro atoms. The fourth-order valence-electron chi connectivity index (χ4n) is 2.39. The molecular formula is C17H19F2NS. The van der Waals surface area contributed by atoms with Crippen molar-refractivity contribution in [2.75, 3.05) is 12.8 Å². The van der Waals surface area contributed by atoms with E-state index in [4.69, 9.17) is 0 Å². The lowest BCUT2D eigenvalue weighted by Gasteiger charge is -2.20. The third-order valence-corrected chi connectivity index (χ3v) is 4.51. The van der Waals surface area contributed by atoms with E-state index in [0.717, 1.165) is 16.0 Å². The topological polar surface area (TPSA) is 12.0 Å². The second-order valence-electron chi connectivity index (χ2n) is 5.08. The first-order valence-corrected chi connectivity index (χ1v) is 7.82. The van der Waals surface area contributed by atoms with Gasteiger partial charge in [-0.15, -0.1) is 11.8 Å². The SMILES string of the molecule is CNC(CSc1ccc(F)cc1)c1c(C)cc(C)cc1F. The molecular weight excluding hydrogens is 288 g/mol. The van der Waals surface area contributed by atoms with Crippen molar-refractivity contribution in [2.45, 2.75) is 24.8 Å². The van der Waals surface area contributed by atoms with Gasteiger partial charge in [0.05, 0.1) is 0 Å². The van der Waals surface area contributed by atoms with Crippen molar-refractivity contribution in [3.63, 3.8) is 0 Å². The van der Waals surface area contributed by atoms with Gasteiger partial charge in [0, 0.05) is 22.3 Å². The summed E-state index contributed by atoms with van der Waals surface area (Å²) in [6.45, 7) is 3.82. The van der Waals surface area contributed by atoms with Gasteiger partial charge in [0.2, 0.25) is 0 Å². The molecule has 0 bridgehead atoms. The van der Waals surface area contributed by atoms with Gasteiger partial charge in [-0.1, -0.05) is 6.07 Å². The van der Waals surface area contributed by atoms with E-state index in [-0.39, 0.29) is 17.7 Å². The van der Waals surface area contributed by atoms with E-state index in [0.29, 0.717) is 11.3 Å². The van der Waals surface area contributed by atoms with Gasteiger partial charge in [-0.2, -0.15) is 0 Å². The van der Waals surface area contributed by atoms with Crippen molar-refractivity contribution in [2.24, 2.45) is 0 Å². The molecule has 112 valence electrons. The fourth-order valence-corrected chi connectivity index (χ4v) is 3.41. The van der Waals surface area contributed by atoms with Crippen LogP contribution in [0.1, 0.15) is 22.7 Å². The van der Waals surface area contributed by atoms with Crippen molar-refractivity contribution in [1.82, 2.24) is 5.32 Å². The van der Waals surface area contributed by atoms with Crippen LogP contribution < -0.4 is 5.32 Å². The van der Waals surface area contributed by atoms with Gasteiger partial charge in [-0.3, -0.25) is 0 Å². The number of aryl methyl sites for hydroxylation is 2. The van der Waals surface area contributed by atoms with Crippen LogP contribution in [0.2, 0.25) is 0 Å². The molecule has 0 aliphatic rings. The number of nitrogens with one attached hydrogen (secondary N) is 1. The molecule has 4 heteroatoms. The van der Waals surface area contributed by atoms with E-state index >= 15 is 0 Å². The van der Waals surface area contributed by atoms with E-state index in [1.165, 1.54) is 12.1 Å². The summed E-state index contributed by atoms with van der Waals surface area (Å²) in [6.07, 6.45) is 0. The van der Waals surface area contributed by atoms with E-state index in [1.807, 2.05) is 27.0 Å². The van der Waals surface area contributed by atoms with E-state index in [1.54, 1.807) is 30.0 Å². The summed E-state index contributed by atoms with van der Waals surface area (Å²) in [5.41, 5.74) is 2.58. The van der Waals surface area contributed by atoms with Crippen molar-refractivity contribution < 1.29 is 8.78 Å². The smallest absolute Gasteiger partial charge is 0.128 e. The van der Waals surface area contributed by atoms with Gasteiger partial charge in [0.1, 0.15) is 11.6 Å². The molecule has 21 heavy (non-hydrogen) atoms. The molecule has 0 saturated carbocycles. The molecule has 1 nitrogen and oxygen atoms in total. The van der Waals surface area contributed by atoms with Crippen LogP contribution in [0.15, 0.2) is 41.3 Å². The molecule has 0 heterocycles. The first-order valence-electron chi connectivity index (χ1n) is 6.83. The highest BCUT2D eigenvalue weighted by atomic mass is 32.2. The molecule has 0 saturated heterocycles. The third kappa shape index (κ3) is 4.05. The minimum Gasteiger partial charge on any atom is -0.312 e. The average molecular weight is 307 g/mol. The van der Waals surface area contributed by atoms with Crippen LogP contribution >= 0.6 is 11.8 Å². The lowest BCUT2D eigenvalue weighted by molar-refractivity contribution is 0.561. The monoisotopic (exact) mass is 307 g/mol. The summed E-state index contributed by atoms with van der Waals surface area (Å²) < 4.78 is 27.1. The zero-order valence-corrected chi connectivity index (χ0v) is 13.2. The van der Waals surface area contributed by atoms with Crippen LogP contribution in [0.4, 0.5) is 8.78 Å². The predicted octanol–water partition coefficient (Wildman–Crippen LogP) is 4.63. The van der Waals surface area contributed by atoms with Gasteiger partial charge in [-0.25, -0.2) is 8.78 Å². The summed E-state index contributed by atoms with van der Waals surface area (Å²) in [4.78, 5) is 0.974. The van der Waals surface area contributed by atoms with Gasteiger partial charge < -0.3 is 5.32 Å². The molecule has 1 atom stereocenters. The number of halogens is 2. The Hall–Kier alpha value is -1.39. The quantitative estimate of drug-likeness (QED) is 0.808. The molecule has 0 fully saturated rings. The Labute approximate surface area is 128 Å². The standard InChI is InChI=1S/C17H19F2NS/c1-11-8-12(2)17(15(19)9-11)16(20-3)10-21-14-6-4-13(18)5-7-14/h4-9,16,20H,10H2,1-3H3. The summed E-state index contributed by atoms with van der Waals surface area (Å²) in [5, 5.41) is 3.17. The third-order valence-electron chi connectivity index (χ3n) is 3.41. The van der Waals surface area contributed by atoms with Gasteiger partial charge in [0.25, 0.3) is 0 Å². The molecule has 0 radical (unpaired) electrons. The van der Waals surface area contributed by atoms with Crippen molar-refractivity contribution >= 4 is 11.8 Å². The van der Waals surface area contributed by atoms with Crippen molar-refractivity contribution in [3.8, 4) is 0 Å². The lowest BCUT2D eigenvalue weighted by Crippen LogP contribution is -2.21. The fraction of sp³-hybridized carbons (Fsp3) is 0.294. The maximum absolute atomic E-state index is 14.2. The molecule has 1 unspecified atom stereocenters. The molecule has 1 N–H and O–H groups in total. The normalized spacial score (nSPS) is 12.4. The van der Waals surface area contributed by atoms with Crippen LogP contribution in [0.3, 0.4) is 0 Å². The Morgan fingerprint density at radius 3 is 2.33 bits per heavy atom. The van der Waals surface area contributed by atoms with Crippen LogP contribution in [-0.4, -0.2) is 12.8 Å². The van der Waals surface area contributed by atoms with Crippen LogP contribution in [0.5, 0.6) is 0 Å². The summed E-state index contributed by atoms with van der Waals surface area (Å²) in [5.74, 6) is 0.264. The van der Waals surface area contributed by atoms with Gasteiger partial charge >= 0.3 is 0 Å². The number of hydrogen-bond acceptors (Lipinski definition) is 2. The predicted molar refractivity (Wildman–Crippen MR) is 84.8 cm³/mol. The number of benzene rings is 2. The second kappa shape index (κ2) is 7.05. The highest BCUT2D eigenvalue weighted by Gasteiger charge is 2.17. The molecule has 2 aromatic carbocycles. The number of thioether (sulfide) groups is 1. The maximum Gasteiger partial charge on any atom is 0.128 e. The molecule has 0 aliphatic carbocycles. The lowest BCUT2D eigenvalue weighted by atomic mass is 9.99. The number of hydrogen-bond donors (Lipinski definition) is 1. The van der Waals surface area contributed by atoms with Gasteiger partial charge in [0.15, 0.2) is 0 Å². The van der Waals surface area contributed by atoms with Crippen LogP contribution in [0, 0.1) is 25.5 Å². The van der Waals surface area contributed by atoms with Crippen LogP contribution in [-0.2, 0) is 0 Å². The number of rotatable bonds is 5. The summed E-state index contributed by atoms with van der Waals surface area (Å²) in [7, 11) is 1.83. The Kier molecular flexibility index (Phi) is 5.37. The van der Waals surface area contributed by atoms with E-state index < -0.39 is 0 Å². The summed E-state index contributed by atoms with van der Waals surface area (Å²) >= 11 is 1.58. The highest BCUT2D eigenvalue weighted by Crippen LogP contribution is 2.28. The maximum atomic E-state index is 14.2. The first kappa shape index (κ1) is 16.0. The Balaban J connectivity index is 2.15. The Morgan fingerprint density at radius 1 is 1.10 bits per heavy atom. The average Bonchev–Trinajstić information content (AvgIpc) is 2.43. The van der Waals surface area contributed by atoms with E-state index in [9.17, 15) is 8.78 Å². The highest BCUT2D eigenvalue weighted by molar-refractivity contribution is 7.99. The van der Waals surface area contributed by atoms with Gasteiger partial charge in [-0.05, 0) is 62.4 Å². The van der Waals surface area contributed by atoms with E-state index in [2.05, 4.69) is 5.32 Å². The minimum absolute atomic E-state index is 0.0827. The summed E-state index contributed by atoms with van der Waals surface area (Å²) in [6, 6.07) is 9.83. The first-order chi connectivity index (χ1) is 10.0. The minimum atomic E-state index is -0.245. The molecule has 0 aliphatic heterocycles. The Morgan fingerprint density at radius 2 is 1.76 bits per heavy atom. The Bertz CT molecular complexity index is 588. The largest absolute Gasteiger partial charge is 0.312 e. The molecule has 2 aromatic rings. The van der Waals surface area contributed by atoms with Crippen LogP contribution in [0.25, 0.3) is 0 Å². The zero-order valence-electron chi connectivity index (χ0n) is 12.4.